The highest BCUT2D eigenvalue weighted by Crippen LogP contribution is 2.28. The zero-order chi connectivity index (χ0) is 18.1. The van der Waals surface area contributed by atoms with Crippen LogP contribution in [0, 0.1) is 0 Å². The lowest BCUT2D eigenvalue weighted by atomic mass is 10.00. The summed E-state index contributed by atoms with van der Waals surface area (Å²) >= 11 is 3.44. The van der Waals surface area contributed by atoms with E-state index < -0.39 is 5.63 Å². The van der Waals surface area contributed by atoms with Crippen LogP contribution >= 0.6 is 15.9 Å². The van der Waals surface area contributed by atoms with Crippen LogP contribution in [0.4, 0.5) is 0 Å². The summed E-state index contributed by atoms with van der Waals surface area (Å²) in [6.45, 7) is 0. The van der Waals surface area contributed by atoms with Crippen LogP contribution in [-0.2, 0) is 6.42 Å². The Balaban J connectivity index is 1.67. The third-order valence-electron chi connectivity index (χ3n) is 4.39. The number of aromatic hydroxyl groups is 1. The van der Waals surface area contributed by atoms with Crippen molar-refractivity contribution in [2.75, 3.05) is 0 Å². The van der Waals surface area contributed by atoms with E-state index in [0.29, 0.717) is 17.4 Å². The van der Waals surface area contributed by atoms with Crippen LogP contribution in [0.5, 0.6) is 5.75 Å². The average Bonchev–Trinajstić information content (AvgIpc) is 2.66. The zero-order valence-corrected chi connectivity index (χ0v) is 15.4. The van der Waals surface area contributed by atoms with Crippen molar-refractivity contribution < 1.29 is 9.52 Å². The van der Waals surface area contributed by atoms with Crippen molar-refractivity contribution in [3.63, 3.8) is 0 Å². The van der Waals surface area contributed by atoms with Gasteiger partial charge in [0.25, 0.3) is 0 Å². The van der Waals surface area contributed by atoms with E-state index in [2.05, 4.69) is 15.9 Å². The molecule has 0 saturated carbocycles. The summed E-state index contributed by atoms with van der Waals surface area (Å²) in [5, 5.41) is 11.0. The molecular weight excluding hydrogens is 392 g/mol. The summed E-state index contributed by atoms with van der Waals surface area (Å²) < 4.78 is 6.37. The van der Waals surface area contributed by atoms with Gasteiger partial charge in [0, 0.05) is 10.9 Å². The summed E-state index contributed by atoms with van der Waals surface area (Å²) in [6, 6.07) is 23.0. The average molecular weight is 407 g/mol. The van der Waals surface area contributed by atoms with Gasteiger partial charge in [-0.15, -0.1) is 0 Å². The van der Waals surface area contributed by atoms with Gasteiger partial charge in [-0.25, -0.2) is 4.79 Å². The number of rotatable bonds is 3. The SMILES string of the molecule is O=c1oc2ccccc2c(O)c1Cc1ccc(-c2ccc(Br)cc2)cc1. The summed E-state index contributed by atoms with van der Waals surface area (Å²) in [4.78, 5) is 12.2. The van der Waals surface area contributed by atoms with Gasteiger partial charge < -0.3 is 9.52 Å². The van der Waals surface area contributed by atoms with Crippen LogP contribution in [0.25, 0.3) is 22.1 Å². The van der Waals surface area contributed by atoms with E-state index in [-0.39, 0.29) is 11.3 Å². The molecule has 0 amide bonds. The number of benzene rings is 3. The second-order valence-corrected chi connectivity index (χ2v) is 7.01. The Morgan fingerprint density at radius 2 is 1.46 bits per heavy atom. The van der Waals surface area contributed by atoms with Gasteiger partial charge >= 0.3 is 5.63 Å². The lowest BCUT2D eigenvalue weighted by Crippen LogP contribution is -2.08. The molecule has 128 valence electrons. The van der Waals surface area contributed by atoms with Crippen LogP contribution in [0.2, 0.25) is 0 Å². The highest BCUT2D eigenvalue weighted by Gasteiger charge is 2.14. The van der Waals surface area contributed by atoms with Crippen LogP contribution in [-0.4, -0.2) is 5.11 Å². The number of hydrogen-bond acceptors (Lipinski definition) is 3. The molecule has 0 bridgehead atoms. The highest BCUT2D eigenvalue weighted by atomic mass is 79.9. The maximum Gasteiger partial charge on any atom is 0.343 e. The first-order chi connectivity index (χ1) is 12.6. The number of hydrogen-bond donors (Lipinski definition) is 1. The highest BCUT2D eigenvalue weighted by molar-refractivity contribution is 9.10. The predicted octanol–water partition coefficient (Wildman–Crippen LogP) is 5.52. The summed E-state index contributed by atoms with van der Waals surface area (Å²) in [5.74, 6) is -0.00571. The van der Waals surface area contributed by atoms with Gasteiger partial charge in [-0.05, 0) is 41.0 Å². The van der Waals surface area contributed by atoms with Crippen molar-refractivity contribution in [1.29, 1.82) is 0 Å². The van der Waals surface area contributed by atoms with Crippen molar-refractivity contribution in [3.05, 3.63) is 98.8 Å². The minimum atomic E-state index is -0.502. The lowest BCUT2D eigenvalue weighted by Gasteiger charge is -2.08. The summed E-state index contributed by atoms with van der Waals surface area (Å²) in [5.41, 5.74) is 3.31. The molecule has 0 fully saturated rings. The van der Waals surface area contributed by atoms with Gasteiger partial charge in [0.05, 0.1) is 10.9 Å². The molecule has 0 saturated heterocycles. The van der Waals surface area contributed by atoms with Crippen molar-refractivity contribution in [3.8, 4) is 16.9 Å². The zero-order valence-electron chi connectivity index (χ0n) is 13.8. The summed E-state index contributed by atoms with van der Waals surface area (Å²) in [7, 11) is 0. The van der Waals surface area contributed by atoms with Crippen molar-refractivity contribution >= 4 is 26.9 Å². The first-order valence-corrected chi connectivity index (χ1v) is 9.00. The van der Waals surface area contributed by atoms with E-state index in [1.807, 2.05) is 48.5 Å². The van der Waals surface area contributed by atoms with Crippen molar-refractivity contribution in [1.82, 2.24) is 0 Å². The van der Waals surface area contributed by atoms with E-state index in [1.54, 1.807) is 24.3 Å². The molecule has 0 aliphatic carbocycles. The van der Waals surface area contributed by atoms with Crippen LogP contribution in [0.1, 0.15) is 11.1 Å². The van der Waals surface area contributed by atoms with Gasteiger partial charge in [-0.2, -0.15) is 0 Å². The van der Waals surface area contributed by atoms with Crippen LogP contribution in [0.15, 0.2) is 86.5 Å². The van der Waals surface area contributed by atoms with E-state index >= 15 is 0 Å². The number of fused-ring (bicyclic) bond motifs is 1. The predicted molar refractivity (Wildman–Crippen MR) is 107 cm³/mol. The lowest BCUT2D eigenvalue weighted by molar-refractivity contribution is 0.459. The smallest absolute Gasteiger partial charge is 0.343 e. The van der Waals surface area contributed by atoms with E-state index in [9.17, 15) is 9.90 Å². The Labute approximate surface area is 158 Å². The van der Waals surface area contributed by atoms with E-state index in [4.69, 9.17) is 4.42 Å². The summed E-state index contributed by atoms with van der Waals surface area (Å²) in [6.07, 6.45) is 0.319. The van der Waals surface area contributed by atoms with Crippen LogP contribution in [0.3, 0.4) is 0 Å². The van der Waals surface area contributed by atoms with E-state index in [0.717, 1.165) is 21.2 Å². The Bertz CT molecular complexity index is 1130. The standard InChI is InChI=1S/C22H15BrO3/c23-17-11-9-16(10-12-17)15-7-5-14(6-8-15)13-19-21(24)18-3-1-2-4-20(18)26-22(19)25/h1-12,24H,13H2. The second kappa shape index (κ2) is 6.81. The fraction of sp³-hybridized carbons (Fsp3) is 0.0455. The molecule has 4 heteroatoms. The normalized spacial score (nSPS) is 11.0. The molecule has 0 unspecified atom stereocenters. The van der Waals surface area contributed by atoms with Crippen molar-refractivity contribution in [2.45, 2.75) is 6.42 Å². The molecular formula is C22H15BrO3. The fourth-order valence-corrected chi connectivity index (χ4v) is 3.25. The second-order valence-electron chi connectivity index (χ2n) is 6.09. The minimum absolute atomic E-state index is 0.00571. The molecule has 0 radical (unpaired) electrons. The monoisotopic (exact) mass is 406 g/mol. The van der Waals surface area contributed by atoms with Crippen LogP contribution < -0.4 is 5.63 Å². The minimum Gasteiger partial charge on any atom is -0.507 e. The topological polar surface area (TPSA) is 50.4 Å². The molecule has 0 spiro atoms. The van der Waals surface area contributed by atoms with E-state index in [1.165, 1.54) is 0 Å². The quantitative estimate of drug-likeness (QED) is 0.455. The fourth-order valence-electron chi connectivity index (χ4n) is 2.99. The molecule has 1 N–H and O–H groups in total. The van der Waals surface area contributed by atoms with Gasteiger partial charge in [0.1, 0.15) is 11.3 Å². The largest absolute Gasteiger partial charge is 0.507 e. The molecule has 0 aliphatic heterocycles. The molecule has 3 aromatic carbocycles. The third kappa shape index (κ3) is 3.16. The van der Waals surface area contributed by atoms with Gasteiger partial charge in [0.2, 0.25) is 0 Å². The molecule has 3 nitrogen and oxygen atoms in total. The number of halogens is 1. The number of para-hydroxylation sites is 1. The first kappa shape index (κ1) is 16.6. The Morgan fingerprint density at radius 3 is 2.15 bits per heavy atom. The maximum atomic E-state index is 12.2. The third-order valence-corrected chi connectivity index (χ3v) is 4.92. The molecule has 4 rings (SSSR count). The Hall–Kier alpha value is -2.85. The Kier molecular flexibility index (Phi) is 4.35. The molecule has 4 aromatic rings. The molecule has 0 aliphatic rings. The molecule has 0 atom stereocenters. The molecule has 1 heterocycles. The maximum absolute atomic E-state index is 12.2. The van der Waals surface area contributed by atoms with Gasteiger partial charge in [0.15, 0.2) is 0 Å². The van der Waals surface area contributed by atoms with Gasteiger partial charge in [-0.1, -0.05) is 64.5 Å². The van der Waals surface area contributed by atoms with Gasteiger partial charge in [-0.3, -0.25) is 0 Å². The first-order valence-electron chi connectivity index (χ1n) is 8.20. The molecule has 1 aromatic heterocycles. The molecule has 26 heavy (non-hydrogen) atoms. The van der Waals surface area contributed by atoms with Crippen molar-refractivity contribution in [2.24, 2.45) is 0 Å². The Morgan fingerprint density at radius 1 is 0.846 bits per heavy atom.